The summed E-state index contributed by atoms with van der Waals surface area (Å²) in [7, 11) is 0. The van der Waals surface area contributed by atoms with Gasteiger partial charge in [0.2, 0.25) is 5.91 Å². The predicted octanol–water partition coefficient (Wildman–Crippen LogP) is 6.64. The molecular formula is C29H26F3N5OS. The van der Waals surface area contributed by atoms with Crippen LogP contribution in [0.2, 0.25) is 0 Å². The highest BCUT2D eigenvalue weighted by Crippen LogP contribution is 2.44. The minimum atomic E-state index is -4.51. The molecule has 0 radical (unpaired) electrons. The molecule has 1 saturated heterocycles. The van der Waals surface area contributed by atoms with Crippen molar-refractivity contribution in [2.24, 2.45) is 0 Å². The van der Waals surface area contributed by atoms with Crippen LogP contribution in [-0.4, -0.2) is 20.6 Å². The standard InChI is InChI=1S/C29H26F3N5OS/c1-17-16-22(18(2)36(17)25-10-5-4-8-23(25)29(30,31)32)27-26(24-9-6-7-15-33-24)35-28(39)37(27)21-13-11-20(12-14-21)34-19(3)38/h4-16,26-27H,1-3H3,(H,34,38)(H,35,39)/t26-,27+/m0/s1. The van der Waals surface area contributed by atoms with Gasteiger partial charge >= 0.3 is 6.18 Å². The number of hydrogen-bond acceptors (Lipinski definition) is 3. The van der Waals surface area contributed by atoms with Gasteiger partial charge in [0.25, 0.3) is 0 Å². The molecule has 2 aromatic heterocycles. The average molecular weight is 550 g/mol. The van der Waals surface area contributed by atoms with Crippen LogP contribution in [0.3, 0.4) is 0 Å². The summed E-state index contributed by atoms with van der Waals surface area (Å²) in [5.41, 5.74) is 3.68. The van der Waals surface area contributed by atoms with Crippen LogP contribution in [0.1, 0.15) is 47.2 Å². The Morgan fingerprint density at radius 1 is 1.03 bits per heavy atom. The second kappa shape index (κ2) is 10.2. The van der Waals surface area contributed by atoms with Gasteiger partial charge in [0.05, 0.1) is 29.0 Å². The molecule has 2 atom stereocenters. The summed E-state index contributed by atoms with van der Waals surface area (Å²) >= 11 is 5.79. The fourth-order valence-electron chi connectivity index (χ4n) is 5.22. The smallest absolute Gasteiger partial charge is 0.351 e. The Balaban J connectivity index is 1.66. The lowest BCUT2D eigenvalue weighted by Crippen LogP contribution is -2.29. The molecule has 1 aliphatic heterocycles. The van der Waals surface area contributed by atoms with Gasteiger partial charge in [0.15, 0.2) is 5.11 Å². The molecule has 1 amide bonds. The van der Waals surface area contributed by atoms with E-state index in [1.807, 2.05) is 48.2 Å². The molecule has 0 bridgehead atoms. The van der Waals surface area contributed by atoms with Crippen LogP contribution >= 0.6 is 12.2 Å². The number of anilines is 2. The number of nitrogens with one attached hydrogen (secondary N) is 2. The van der Waals surface area contributed by atoms with Gasteiger partial charge in [-0.2, -0.15) is 13.2 Å². The lowest BCUT2D eigenvalue weighted by atomic mass is 9.96. The zero-order chi connectivity index (χ0) is 27.9. The molecule has 0 spiro atoms. The molecule has 0 unspecified atom stereocenters. The van der Waals surface area contributed by atoms with Crippen molar-refractivity contribution in [1.29, 1.82) is 0 Å². The molecule has 39 heavy (non-hydrogen) atoms. The number of para-hydroxylation sites is 1. The van der Waals surface area contributed by atoms with Gasteiger partial charge in [0.1, 0.15) is 0 Å². The first-order valence-electron chi connectivity index (χ1n) is 12.3. The summed E-state index contributed by atoms with van der Waals surface area (Å²) in [5.74, 6) is -0.180. The highest BCUT2D eigenvalue weighted by molar-refractivity contribution is 7.80. The van der Waals surface area contributed by atoms with Gasteiger partial charge < -0.3 is 20.1 Å². The highest BCUT2D eigenvalue weighted by atomic mass is 32.1. The van der Waals surface area contributed by atoms with Crippen LogP contribution in [-0.2, 0) is 11.0 Å². The van der Waals surface area contributed by atoms with Crippen molar-refractivity contribution in [2.75, 3.05) is 10.2 Å². The molecule has 0 saturated carbocycles. The van der Waals surface area contributed by atoms with E-state index in [-0.39, 0.29) is 17.6 Å². The minimum Gasteiger partial charge on any atom is -0.351 e. The van der Waals surface area contributed by atoms with E-state index in [4.69, 9.17) is 12.2 Å². The van der Waals surface area contributed by atoms with E-state index in [9.17, 15) is 18.0 Å². The van der Waals surface area contributed by atoms with Crippen molar-refractivity contribution in [1.82, 2.24) is 14.9 Å². The fraction of sp³-hybridized carbons (Fsp3) is 0.207. The van der Waals surface area contributed by atoms with E-state index in [2.05, 4.69) is 15.6 Å². The van der Waals surface area contributed by atoms with E-state index in [0.29, 0.717) is 22.2 Å². The van der Waals surface area contributed by atoms with Crippen molar-refractivity contribution >= 4 is 34.6 Å². The minimum absolute atomic E-state index is 0.0698. The second-order valence-corrected chi connectivity index (χ2v) is 9.79. The third kappa shape index (κ3) is 4.99. The third-order valence-corrected chi connectivity index (χ3v) is 7.12. The first-order valence-corrected chi connectivity index (χ1v) is 12.7. The Morgan fingerprint density at radius 2 is 1.72 bits per heavy atom. The Kier molecular flexibility index (Phi) is 6.90. The maximum absolute atomic E-state index is 14.0. The van der Waals surface area contributed by atoms with Crippen LogP contribution in [0.15, 0.2) is 79.0 Å². The number of amides is 1. The van der Waals surface area contributed by atoms with Crippen molar-refractivity contribution in [3.8, 4) is 5.69 Å². The lowest BCUT2D eigenvalue weighted by molar-refractivity contribution is -0.137. The van der Waals surface area contributed by atoms with E-state index in [1.54, 1.807) is 35.9 Å². The number of aryl methyl sites for hydroxylation is 1. The molecule has 10 heteroatoms. The topological polar surface area (TPSA) is 62.2 Å². The molecule has 2 aromatic carbocycles. The maximum atomic E-state index is 14.0. The molecule has 200 valence electrons. The average Bonchev–Trinajstić information content (AvgIpc) is 3.39. The van der Waals surface area contributed by atoms with Gasteiger partial charge in [-0.05, 0) is 86.2 Å². The third-order valence-electron chi connectivity index (χ3n) is 6.80. The second-order valence-electron chi connectivity index (χ2n) is 9.40. The summed E-state index contributed by atoms with van der Waals surface area (Å²) in [6, 6.07) is 19.6. The normalized spacial score (nSPS) is 17.3. The predicted molar refractivity (Wildman–Crippen MR) is 149 cm³/mol. The van der Waals surface area contributed by atoms with Gasteiger partial charge in [-0.3, -0.25) is 9.78 Å². The molecule has 4 aromatic rings. The summed E-state index contributed by atoms with van der Waals surface area (Å²) in [5, 5.41) is 6.60. The van der Waals surface area contributed by atoms with Crippen LogP contribution in [0.5, 0.6) is 0 Å². The van der Waals surface area contributed by atoms with E-state index >= 15 is 0 Å². The van der Waals surface area contributed by atoms with Crippen LogP contribution in [0.4, 0.5) is 24.5 Å². The van der Waals surface area contributed by atoms with E-state index in [0.717, 1.165) is 23.0 Å². The molecule has 1 fully saturated rings. The molecule has 1 aliphatic rings. The Bertz CT molecular complexity index is 1530. The highest BCUT2D eigenvalue weighted by Gasteiger charge is 2.43. The zero-order valence-corrected chi connectivity index (χ0v) is 22.3. The number of carbonyl (C=O) groups is 1. The Hall–Kier alpha value is -4.18. The molecule has 6 nitrogen and oxygen atoms in total. The number of carbonyl (C=O) groups excluding carboxylic acids is 1. The quantitative estimate of drug-likeness (QED) is 0.273. The van der Waals surface area contributed by atoms with E-state index in [1.165, 1.54) is 19.1 Å². The molecule has 3 heterocycles. The number of hydrogen-bond donors (Lipinski definition) is 2. The van der Waals surface area contributed by atoms with Crippen molar-refractivity contribution in [2.45, 2.75) is 39.0 Å². The van der Waals surface area contributed by atoms with E-state index < -0.39 is 17.8 Å². The lowest BCUT2D eigenvalue weighted by Gasteiger charge is -2.28. The number of pyridine rings is 1. The molecular weight excluding hydrogens is 523 g/mol. The van der Waals surface area contributed by atoms with Crippen molar-refractivity contribution in [3.63, 3.8) is 0 Å². The first kappa shape index (κ1) is 26.4. The number of halogens is 3. The van der Waals surface area contributed by atoms with Gasteiger partial charge in [-0.1, -0.05) is 18.2 Å². The number of benzene rings is 2. The van der Waals surface area contributed by atoms with Gasteiger partial charge in [-0.25, -0.2) is 0 Å². The van der Waals surface area contributed by atoms with Crippen molar-refractivity contribution < 1.29 is 18.0 Å². The van der Waals surface area contributed by atoms with Crippen LogP contribution in [0, 0.1) is 13.8 Å². The van der Waals surface area contributed by atoms with Crippen molar-refractivity contribution in [3.05, 3.63) is 107 Å². The summed E-state index contributed by atoms with van der Waals surface area (Å²) in [4.78, 5) is 18.0. The van der Waals surface area contributed by atoms with Gasteiger partial charge in [0, 0.05) is 35.9 Å². The Morgan fingerprint density at radius 3 is 2.36 bits per heavy atom. The number of nitrogens with zero attached hydrogens (tertiary/aromatic N) is 3. The Labute approximate surface area is 229 Å². The molecule has 2 N–H and O–H groups in total. The van der Waals surface area contributed by atoms with Gasteiger partial charge in [-0.15, -0.1) is 0 Å². The van der Waals surface area contributed by atoms with Crippen LogP contribution in [0.25, 0.3) is 5.69 Å². The summed E-state index contributed by atoms with van der Waals surface area (Å²) in [6.45, 7) is 5.06. The SMILES string of the molecule is CC(=O)Nc1ccc(N2C(=S)N[C@@H](c3ccccn3)[C@H]2c2cc(C)n(-c3ccccc3C(F)(F)F)c2C)cc1. The number of alkyl halides is 3. The summed E-state index contributed by atoms with van der Waals surface area (Å²) in [6.07, 6.45) is -2.81. The molecule has 5 rings (SSSR count). The molecule has 0 aliphatic carbocycles. The first-order chi connectivity index (χ1) is 18.6. The zero-order valence-electron chi connectivity index (χ0n) is 21.5. The van der Waals surface area contributed by atoms with Crippen LogP contribution < -0.4 is 15.5 Å². The fourth-order valence-corrected chi connectivity index (χ4v) is 5.57. The largest absolute Gasteiger partial charge is 0.418 e. The maximum Gasteiger partial charge on any atom is 0.418 e. The number of rotatable bonds is 5. The number of thiocarbonyl (C=S) groups is 1. The summed E-state index contributed by atoms with van der Waals surface area (Å²) < 4.78 is 43.5. The number of aromatic nitrogens is 2. The monoisotopic (exact) mass is 549 g/mol.